The van der Waals surface area contributed by atoms with Crippen LogP contribution in [0.25, 0.3) is 0 Å². The molecule has 2 aliphatic heterocycles. The van der Waals surface area contributed by atoms with Gasteiger partial charge in [0.15, 0.2) is 0 Å². The van der Waals surface area contributed by atoms with Gasteiger partial charge in [0.25, 0.3) is 0 Å². The summed E-state index contributed by atoms with van der Waals surface area (Å²) < 4.78 is 52.2. The highest BCUT2D eigenvalue weighted by Crippen LogP contribution is 2.61. The van der Waals surface area contributed by atoms with Gasteiger partial charge in [0.2, 0.25) is 0 Å². The summed E-state index contributed by atoms with van der Waals surface area (Å²) in [4.78, 5) is 54.7. The van der Waals surface area contributed by atoms with Crippen LogP contribution in [-0.2, 0) is 23.3 Å². The fraction of sp³-hybridized carbons (Fsp3) is 0.529. The number of carbonyl (C=O) groups excluding carboxylic acids is 2. The zero-order chi connectivity index (χ0) is 24.4. The van der Waals surface area contributed by atoms with Crippen LogP contribution in [0, 0.1) is 5.82 Å². The van der Waals surface area contributed by atoms with Gasteiger partial charge in [-0.15, -0.1) is 0 Å². The minimum absolute atomic E-state index is 0.0561. The van der Waals surface area contributed by atoms with E-state index >= 15 is 0 Å². The third-order valence-corrected chi connectivity index (χ3v) is 8.39. The van der Waals surface area contributed by atoms with Crippen LogP contribution in [-0.4, -0.2) is 77.4 Å². The van der Waals surface area contributed by atoms with Crippen molar-refractivity contribution in [2.45, 2.75) is 18.1 Å². The summed E-state index contributed by atoms with van der Waals surface area (Å²) in [5.41, 5.74) is 0.622. The highest BCUT2D eigenvalue weighted by Gasteiger charge is 2.64. The molecule has 1 aromatic carbocycles. The van der Waals surface area contributed by atoms with Gasteiger partial charge in [-0.2, -0.15) is 4.89 Å². The molecule has 3 rings (SSSR count). The molecular weight excluding hydrogens is 487 g/mol. The van der Waals surface area contributed by atoms with Crippen molar-refractivity contribution in [3.8, 4) is 0 Å². The summed E-state index contributed by atoms with van der Waals surface area (Å²) in [7, 11) is -8.86. The molecule has 0 saturated carbocycles. The molecule has 2 saturated heterocycles. The fourth-order valence-corrected chi connectivity index (χ4v) is 4.44. The summed E-state index contributed by atoms with van der Waals surface area (Å²) in [6.07, 6.45) is -3.07. The van der Waals surface area contributed by atoms with Crippen molar-refractivity contribution in [2.75, 3.05) is 49.2 Å². The molecule has 0 bridgehead atoms. The van der Waals surface area contributed by atoms with Gasteiger partial charge in [-0.1, -0.05) is 0 Å². The summed E-state index contributed by atoms with van der Waals surface area (Å²) >= 11 is 0. The maximum absolute atomic E-state index is 14.6. The van der Waals surface area contributed by atoms with Gasteiger partial charge >= 0.3 is 32.9 Å². The second-order valence-corrected chi connectivity index (χ2v) is 11.1. The Kier molecular flexibility index (Phi) is 7.57. The molecule has 0 spiro atoms. The number of carbonyl (C=O) groups is 2. The first-order valence-corrected chi connectivity index (χ1v) is 12.5. The number of alkyl carbamates (subject to hydrolysis) is 1. The van der Waals surface area contributed by atoms with Crippen molar-refractivity contribution in [3.63, 3.8) is 0 Å². The van der Waals surface area contributed by atoms with Crippen LogP contribution in [0.15, 0.2) is 18.2 Å². The molecule has 3 atom stereocenters. The van der Waals surface area contributed by atoms with Crippen molar-refractivity contribution in [3.05, 3.63) is 24.0 Å². The molecule has 2 amide bonds. The highest BCUT2D eigenvalue weighted by atomic mass is 31.2. The molecule has 182 valence electrons. The summed E-state index contributed by atoms with van der Waals surface area (Å²) in [5, 5.41) is -0.817. The molecule has 13 nitrogen and oxygen atoms in total. The number of benzene rings is 1. The van der Waals surface area contributed by atoms with Crippen LogP contribution in [0.5, 0.6) is 0 Å². The lowest BCUT2D eigenvalue weighted by atomic mass is 10.2. The second kappa shape index (κ2) is 9.88. The first-order chi connectivity index (χ1) is 15.4. The minimum Gasteiger partial charge on any atom is -0.442 e. The van der Waals surface area contributed by atoms with E-state index in [2.05, 4.69) is 10.1 Å². The van der Waals surface area contributed by atoms with Gasteiger partial charge in [-0.3, -0.25) is 9.46 Å². The molecule has 4 N–H and O–H groups in total. The van der Waals surface area contributed by atoms with E-state index in [1.807, 2.05) is 4.90 Å². The van der Waals surface area contributed by atoms with Gasteiger partial charge in [0.1, 0.15) is 11.9 Å². The van der Waals surface area contributed by atoms with E-state index in [9.17, 15) is 32.9 Å². The number of morpholine rings is 1. The Morgan fingerprint density at radius 2 is 2.06 bits per heavy atom. The van der Waals surface area contributed by atoms with E-state index in [0.717, 1.165) is 4.90 Å². The minimum atomic E-state index is -5.28. The Balaban J connectivity index is 1.59. The molecule has 2 fully saturated rings. The number of anilines is 2. The molecule has 2 aliphatic rings. The normalized spacial score (nSPS) is 21.3. The monoisotopic (exact) mass is 510 g/mol. The molecule has 0 radical (unpaired) electrons. The number of cyclic esters (lactones) is 1. The molecule has 1 aromatic rings. The van der Waals surface area contributed by atoms with Gasteiger partial charge in [0.05, 0.1) is 37.7 Å². The largest absolute Gasteiger partial charge is 0.567 e. The molecule has 0 aromatic heterocycles. The lowest BCUT2D eigenvalue weighted by Crippen LogP contribution is -2.39. The average molecular weight is 510 g/mol. The quantitative estimate of drug-likeness (QED) is 0.389. The summed E-state index contributed by atoms with van der Waals surface area (Å²) in [5.74, 6) is -0.526. The SMILES string of the molecule is CC(OC(=O)NC[C@H]1CN(c2ccc(N3CCOCC3)c(F)c2)C(=O)O1)([P+](=O)O)P(=O)(O)O. The van der Waals surface area contributed by atoms with Crippen LogP contribution in [0.3, 0.4) is 0 Å². The maximum Gasteiger partial charge on any atom is 0.567 e. The van der Waals surface area contributed by atoms with E-state index < -0.39 is 44.8 Å². The van der Waals surface area contributed by atoms with E-state index in [1.54, 1.807) is 12.1 Å². The number of amides is 2. The predicted molar refractivity (Wildman–Crippen MR) is 112 cm³/mol. The Bertz CT molecular complexity index is 986. The number of halogens is 1. The van der Waals surface area contributed by atoms with Crippen LogP contribution >= 0.6 is 15.6 Å². The zero-order valence-corrected chi connectivity index (χ0v) is 19.2. The smallest absolute Gasteiger partial charge is 0.442 e. The predicted octanol–water partition coefficient (Wildman–Crippen LogP) is 1.30. The topological polar surface area (TPSA) is 175 Å². The van der Waals surface area contributed by atoms with Crippen LogP contribution in [0.4, 0.5) is 25.4 Å². The lowest BCUT2D eigenvalue weighted by molar-refractivity contribution is 0.0940. The van der Waals surface area contributed by atoms with Crippen molar-refractivity contribution in [1.82, 2.24) is 5.32 Å². The fourth-order valence-electron chi connectivity index (χ4n) is 3.18. The van der Waals surface area contributed by atoms with Gasteiger partial charge in [-0.25, -0.2) is 14.0 Å². The molecule has 2 heterocycles. The van der Waals surface area contributed by atoms with Crippen LogP contribution in [0.2, 0.25) is 0 Å². The molecule has 2 unspecified atom stereocenters. The molecule has 33 heavy (non-hydrogen) atoms. The number of nitrogens with one attached hydrogen (secondary N) is 1. The van der Waals surface area contributed by atoms with E-state index in [-0.39, 0.29) is 18.8 Å². The average Bonchev–Trinajstić information content (AvgIpc) is 3.12. The number of nitrogens with zero attached hydrogens (tertiary/aromatic N) is 2. The molecule has 0 aliphatic carbocycles. The Morgan fingerprint density at radius 3 is 2.64 bits per heavy atom. The van der Waals surface area contributed by atoms with Crippen molar-refractivity contribution >= 4 is 39.2 Å². The van der Waals surface area contributed by atoms with Gasteiger partial charge < -0.3 is 34.2 Å². The van der Waals surface area contributed by atoms with E-state index in [1.165, 1.54) is 6.07 Å². The van der Waals surface area contributed by atoms with E-state index in [4.69, 9.17) is 14.4 Å². The Labute approximate surface area is 188 Å². The number of rotatable bonds is 7. The number of hydrogen-bond donors (Lipinski definition) is 4. The Morgan fingerprint density at radius 1 is 1.39 bits per heavy atom. The molecular formula is C17H23FN3O10P2+. The highest BCUT2D eigenvalue weighted by molar-refractivity contribution is 7.66. The standard InChI is InChI=1S/C17H22FN3O10P2/c1-17(32(24)25,33(26,27)28)31-15(22)19-9-12-10-21(16(23)30-12)11-2-3-14(13(18)8-11)20-4-6-29-7-5-20/h2-3,8,12H,4-7,9-10H2,1H3,(H3-,19,22,24,25,26,27,28)/p+1/t12-,17?/m0/s1. The lowest BCUT2D eigenvalue weighted by Gasteiger charge is -2.29. The van der Waals surface area contributed by atoms with Crippen LogP contribution < -0.4 is 15.1 Å². The first kappa shape index (κ1) is 25.3. The summed E-state index contributed by atoms with van der Waals surface area (Å²) in [6, 6.07) is 4.30. The zero-order valence-electron chi connectivity index (χ0n) is 17.4. The first-order valence-electron chi connectivity index (χ1n) is 9.71. The Hall–Kier alpha value is -2.34. The third kappa shape index (κ3) is 5.60. The molecule has 16 heteroatoms. The van der Waals surface area contributed by atoms with Crippen molar-refractivity contribution in [2.24, 2.45) is 0 Å². The van der Waals surface area contributed by atoms with E-state index in [0.29, 0.717) is 38.9 Å². The van der Waals surface area contributed by atoms with Gasteiger partial charge in [-0.05, 0) is 22.8 Å². The summed E-state index contributed by atoms with van der Waals surface area (Å²) in [6.45, 7) is 2.29. The van der Waals surface area contributed by atoms with Crippen LogP contribution in [0.1, 0.15) is 6.92 Å². The second-order valence-electron chi connectivity index (χ2n) is 7.37. The van der Waals surface area contributed by atoms with Gasteiger partial charge in [0, 0.05) is 20.0 Å². The van der Waals surface area contributed by atoms with Crippen molar-refractivity contribution in [1.29, 1.82) is 0 Å². The van der Waals surface area contributed by atoms with Crippen molar-refractivity contribution < 1.29 is 52.0 Å². The third-order valence-electron chi connectivity index (χ3n) is 5.12. The maximum atomic E-state index is 14.6. The number of hydrogen-bond acceptors (Lipinski definition) is 8. The number of ether oxygens (including phenoxy) is 3.